The van der Waals surface area contributed by atoms with Gasteiger partial charge >= 0.3 is 6.09 Å². The Hall–Kier alpha value is -1.60. The van der Waals surface area contributed by atoms with Crippen LogP contribution in [0.3, 0.4) is 0 Å². The summed E-state index contributed by atoms with van der Waals surface area (Å²) >= 11 is 0. The van der Waals surface area contributed by atoms with Crippen molar-refractivity contribution in [2.75, 3.05) is 12.8 Å². The molecule has 0 unspecified atom stereocenters. The third-order valence-corrected chi connectivity index (χ3v) is 3.33. The number of amides is 1. The molecule has 124 valence electrons. The number of sulfonamides is 1. The number of carbonyl (C=O) groups excluding carboxylic acids is 1. The average molecular weight is 328 g/mol. The molecule has 1 aromatic rings. The summed E-state index contributed by atoms with van der Waals surface area (Å²) in [6.07, 6.45) is 1.02. The molecule has 0 radical (unpaired) electrons. The van der Waals surface area contributed by atoms with Crippen LogP contribution in [0.2, 0.25) is 0 Å². The molecule has 0 fully saturated rings. The lowest BCUT2D eigenvalue weighted by Gasteiger charge is -2.24. The van der Waals surface area contributed by atoms with Gasteiger partial charge in [-0.1, -0.05) is 30.3 Å². The van der Waals surface area contributed by atoms with E-state index in [9.17, 15) is 13.2 Å². The molecule has 1 amide bonds. The van der Waals surface area contributed by atoms with Crippen molar-refractivity contribution in [3.63, 3.8) is 0 Å². The lowest BCUT2D eigenvalue weighted by atomic mass is 10.1. The zero-order valence-electron chi connectivity index (χ0n) is 13.4. The van der Waals surface area contributed by atoms with Gasteiger partial charge in [0.25, 0.3) is 0 Å². The van der Waals surface area contributed by atoms with Crippen LogP contribution in [-0.4, -0.2) is 39.0 Å². The molecule has 22 heavy (non-hydrogen) atoms. The Morgan fingerprint density at radius 3 is 2.32 bits per heavy atom. The lowest BCUT2D eigenvalue weighted by molar-refractivity contribution is 0.0505. The van der Waals surface area contributed by atoms with E-state index < -0.39 is 27.8 Å². The van der Waals surface area contributed by atoms with E-state index in [1.807, 2.05) is 30.3 Å². The second-order valence-corrected chi connectivity index (χ2v) is 7.99. The normalized spacial score (nSPS) is 13.5. The van der Waals surface area contributed by atoms with Gasteiger partial charge in [0.1, 0.15) is 5.60 Å². The number of benzene rings is 1. The second kappa shape index (κ2) is 7.60. The second-order valence-electron chi connectivity index (χ2n) is 6.15. The van der Waals surface area contributed by atoms with Crippen molar-refractivity contribution in [1.29, 1.82) is 0 Å². The van der Waals surface area contributed by atoms with E-state index in [1.54, 1.807) is 20.8 Å². The van der Waals surface area contributed by atoms with E-state index >= 15 is 0 Å². The molecule has 1 atom stereocenters. The minimum Gasteiger partial charge on any atom is -0.444 e. The van der Waals surface area contributed by atoms with Gasteiger partial charge in [-0.25, -0.2) is 17.9 Å². The van der Waals surface area contributed by atoms with E-state index in [-0.39, 0.29) is 6.54 Å². The number of rotatable bonds is 6. The molecule has 7 heteroatoms. The summed E-state index contributed by atoms with van der Waals surface area (Å²) in [7, 11) is -3.32. The number of hydrogen-bond donors (Lipinski definition) is 2. The van der Waals surface area contributed by atoms with Crippen LogP contribution in [0.5, 0.6) is 0 Å². The van der Waals surface area contributed by atoms with Gasteiger partial charge < -0.3 is 10.1 Å². The lowest BCUT2D eigenvalue weighted by Crippen LogP contribution is -2.46. The molecule has 6 nitrogen and oxygen atoms in total. The van der Waals surface area contributed by atoms with Crippen molar-refractivity contribution >= 4 is 16.1 Å². The Kier molecular flexibility index (Phi) is 6.37. The van der Waals surface area contributed by atoms with Crippen molar-refractivity contribution in [1.82, 2.24) is 10.0 Å². The number of carbonyl (C=O) groups is 1. The molecule has 0 saturated carbocycles. The van der Waals surface area contributed by atoms with Crippen LogP contribution >= 0.6 is 0 Å². The quantitative estimate of drug-likeness (QED) is 0.832. The van der Waals surface area contributed by atoms with Gasteiger partial charge in [0.15, 0.2) is 0 Å². The van der Waals surface area contributed by atoms with Crippen LogP contribution < -0.4 is 10.0 Å². The van der Waals surface area contributed by atoms with Crippen LogP contribution in [0, 0.1) is 0 Å². The van der Waals surface area contributed by atoms with Gasteiger partial charge in [0.2, 0.25) is 10.0 Å². The van der Waals surface area contributed by atoms with Gasteiger partial charge in [-0.05, 0) is 32.8 Å². The van der Waals surface area contributed by atoms with Crippen LogP contribution in [0.25, 0.3) is 0 Å². The molecule has 0 aromatic heterocycles. The van der Waals surface area contributed by atoms with Gasteiger partial charge in [0.05, 0.1) is 6.26 Å². The third kappa shape index (κ3) is 8.63. The Morgan fingerprint density at radius 1 is 1.23 bits per heavy atom. The van der Waals surface area contributed by atoms with Crippen molar-refractivity contribution in [3.8, 4) is 0 Å². The highest BCUT2D eigenvalue weighted by Gasteiger charge is 2.20. The molecule has 0 spiro atoms. The Labute approximate surface area is 132 Å². The summed E-state index contributed by atoms with van der Waals surface area (Å²) in [5.74, 6) is 0. The molecule has 0 heterocycles. The first-order valence-electron chi connectivity index (χ1n) is 7.03. The fourth-order valence-electron chi connectivity index (χ4n) is 1.80. The van der Waals surface area contributed by atoms with Crippen LogP contribution in [0.4, 0.5) is 4.79 Å². The van der Waals surface area contributed by atoms with Gasteiger partial charge in [-0.15, -0.1) is 0 Å². The zero-order valence-corrected chi connectivity index (χ0v) is 14.2. The first-order valence-corrected chi connectivity index (χ1v) is 8.92. The van der Waals surface area contributed by atoms with E-state index in [1.165, 1.54) is 0 Å². The molecule has 0 saturated heterocycles. The fraction of sp³-hybridized carbons (Fsp3) is 0.533. The zero-order chi connectivity index (χ0) is 16.8. The SMILES string of the molecule is CC(C)(C)OC(=O)N[C@H](CNS(C)(=O)=O)Cc1ccccc1. The van der Waals surface area contributed by atoms with Gasteiger partial charge in [0, 0.05) is 12.6 Å². The largest absolute Gasteiger partial charge is 0.444 e. The topological polar surface area (TPSA) is 84.5 Å². The Morgan fingerprint density at radius 2 is 1.82 bits per heavy atom. The summed E-state index contributed by atoms with van der Waals surface area (Å²) in [6.45, 7) is 5.42. The van der Waals surface area contributed by atoms with E-state index in [0.29, 0.717) is 6.42 Å². The number of ether oxygens (including phenoxy) is 1. The van der Waals surface area contributed by atoms with Crippen LogP contribution in [0.1, 0.15) is 26.3 Å². The maximum atomic E-state index is 11.9. The smallest absolute Gasteiger partial charge is 0.407 e. The molecule has 1 rings (SSSR count). The van der Waals surface area contributed by atoms with Crippen LogP contribution in [0.15, 0.2) is 30.3 Å². The Balaban J connectivity index is 2.71. The standard InChI is InChI=1S/C15H24N2O4S/c1-15(2,3)21-14(18)17-13(11-16-22(4,19)20)10-12-8-6-5-7-9-12/h5-9,13,16H,10-11H2,1-4H3,(H,17,18)/t13-/m0/s1. The van der Waals surface area contributed by atoms with Crippen LogP contribution in [-0.2, 0) is 21.2 Å². The average Bonchev–Trinajstić information content (AvgIpc) is 2.34. The number of alkyl carbamates (subject to hydrolysis) is 1. The van der Waals surface area contributed by atoms with Crippen molar-refractivity contribution < 1.29 is 17.9 Å². The fourth-order valence-corrected chi connectivity index (χ4v) is 2.30. The first kappa shape index (κ1) is 18.4. The summed E-state index contributed by atoms with van der Waals surface area (Å²) in [5.41, 5.74) is 0.393. The van der Waals surface area contributed by atoms with E-state index in [4.69, 9.17) is 4.74 Å². The van der Waals surface area contributed by atoms with Crippen molar-refractivity contribution in [3.05, 3.63) is 35.9 Å². The molecule has 0 bridgehead atoms. The molecule has 2 N–H and O–H groups in total. The number of nitrogens with one attached hydrogen (secondary N) is 2. The summed E-state index contributed by atoms with van der Waals surface area (Å²) < 4.78 is 30.1. The third-order valence-electron chi connectivity index (χ3n) is 2.64. The van der Waals surface area contributed by atoms with E-state index in [2.05, 4.69) is 10.0 Å². The maximum absolute atomic E-state index is 11.9. The highest BCUT2D eigenvalue weighted by molar-refractivity contribution is 7.88. The molecular formula is C15H24N2O4S. The Bertz CT molecular complexity index is 579. The molecule has 0 aliphatic heterocycles. The highest BCUT2D eigenvalue weighted by atomic mass is 32.2. The minimum absolute atomic E-state index is 0.104. The molecule has 1 aromatic carbocycles. The summed E-state index contributed by atoms with van der Waals surface area (Å²) in [4.78, 5) is 11.9. The summed E-state index contributed by atoms with van der Waals surface area (Å²) in [5, 5.41) is 2.71. The monoisotopic (exact) mass is 328 g/mol. The van der Waals surface area contributed by atoms with Crippen molar-refractivity contribution in [2.24, 2.45) is 0 Å². The first-order chi connectivity index (χ1) is 10.1. The molecular weight excluding hydrogens is 304 g/mol. The molecule has 0 aliphatic rings. The predicted octanol–water partition coefficient (Wildman–Crippen LogP) is 1.67. The predicted molar refractivity (Wildman–Crippen MR) is 86.2 cm³/mol. The van der Waals surface area contributed by atoms with Gasteiger partial charge in [-0.2, -0.15) is 0 Å². The highest BCUT2D eigenvalue weighted by Crippen LogP contribution is 2.08. The van der Waals surface area contributed by atoms with E-state index in [0.717, 1.165) is 11.8 Å². The number of hydrogen-bond acceptors (Lipinski definition) is 4. The maximum Gasteiger partial charge on any atom is 0.407 e. The molecule has 0 aliphatic carbocycles. The minimum atomic E-state index is -3.32. The van der Waals surface area contributed by atoms with Gasteiger partial charge in [-0.3, -0.25) is 0 Å². The van der Waals surface area contributed by atoms with Crippen molar-refractivity contribution in [2.45, 2.75) is 38.8 Å². The summed E-state index contributed by atoms with van der Waals surface area (Å²) in [6, 6.07) is 9.13.